The first-order valence-electron chi connectivity index (χ1n) is 6.52. The normalized spacial score (nSPS) is 12.0. The summed E-state index contributed by atoms with van der Waals surface area (Å²) >= 11 is 5.79. The van der Waals surface area contributed by atoms with E-state index in [1.54, 1.807) is 13.2 Å². The van der Waals surface area contributed by atoms with Crippen molar-refractivity contribution in [2.45, 2.75) is 13.0 Å². The second-order valence-corrected chi connectivity index (χ2v) is 5.24. The number of rotatable bonds is 5. The van der Waals surface area contributed by atoms with Crippen LogP contribution in [0.2, 0.25) is 5.02 Å². The summed E-state index contributed by atoms with van der Waals surface area (Å²) in [5.74, 6) is 0.194. The number of benzene rings is 2. The van der Waals surface area contributed by atoms with Crippen LogP contribution in [0.1, 0.15) is 17.2 Å². The summed E-state index contributed by atoms with van der Waals surface area (Å²) in [7, 11) is 1.56. The fourth-order valence-corrected chi connectivity index (χ4v) is 2.32. The van der Waals surface area contributed by atoms with Gasteiger partial charge in [0.2, 0.25) is 0 Å². The Bertz CT molecular complexity index is 613. The second kappa shape index (κ2) is 6.78. The van der Waals surface area contributed by atoms with E-state index >= 15 is 0 Å². The van der Waals surface area contributed by atoms with Gasteiger partial charge in [0.25, 0.3) is 0 Å². The number of anilines is 1. The van der Waals surface area contributed by atoms with Crippen molar-refractivity contribution in [3.63, 3.8) is 0 Å². The molecule has 112 valence electrons. The van der Waals surface area contributed by atoms with Crippen molar-refractivity contribution in [2.24, 2.45) is 0 Å². The maximum absolute atomic E-state index is 13.2. The predicted octanol–water partition coefficient (Wildman–Crippen LogP) is 3.94. The van der Waals surface area contributed by atoms with Crippen LogP contribution in [-0.2, 0) is 0 Å². The fourth-order valence-electron chi connectivity index (χ4n) is 2.09. The van der Waals surface area contributed by atoms with Crippen LogP contribution in [0.25, 0.3) is 0 Å². The molecular formula is C16H17ClFNO2. The average Bonchev–Trinajstić information content (AvgIpc) is 2.43. The van der Waals surface area contributed by atoms with Crippen LogP contribution >= 0.6 is 11.6 Å². The maximum Gasteiger partial charge on any atom is 0.126 e. The number of halogens is 2. The van der Waals surface area contributed by atoms with Crippen LogP contribution in [0.5, 0.6) is 5.75 Å². The molecule has 0 saturated heterocycles. The molecule has 0 heterocycles. The highest BCUT2D eigenvalue weighted by Crippen LogP contribution is 2.27. The highest BCUT2D eigenvalue weighted by molar-refractivity contribution is 6.30. The summed E-state index contributed by atoms with van der Waals surface area (Å²) in [6.07, 6.45) is -0.776. The van der Waals surface area contributed by atoms with Gasteiger partial charge in [-0.2, -0.15) is 0 Å². The summed E-state index contributed by atoms with van der Waals surface area (Å²) in [6, 6.07) is 9.75. The molecular weight excluding hydrogens is 293 g/mol. The van der Waals surface area contributed by atoms with Crippen molar-refractivity contribution < 1.29 is 14.2 Å². The number of nitrogens with one attached hydrogen (secondary N) is 1. The zero-order valence-corrected chi connectivity index (χ0v) is 12.6. The third-order valence-electron chi connectivity index (χ3n) is 3.11. The molecule has 2 aromatic rings. The van der Waals surface area contributed by atoms with Crippen LogP contribution in [0.15, 0.2) is 36.4 Å². The largest absolute Gasteiger partial charge is 0.496 e. The summed E-state index contributed by atoms with van der Waals surface area (Å²) in [5.41, 5.74) is 2.23. The van der Waals surface area contributed by atoms with Gasteiger partial charge >= 0.3 is 0 Å². The van der Waals surface area contributed by atoms with Gasteiger partial charge in [-0.1, -0.05) is 23.2 Å². The van der Waals surface area contributed by atoms with Gasteiger partial charge in [0.05, 0.1) is 13.2 Å². The Labute approximate surface area is 128 Å². The van der Waals surface area contributed by atoms with Gasteiger partial charge in [-0.3, -0.25) is 0 Å². The van der Waals surface area contributed by atoms with Crippen molar-refractivity contribution in [2.75, 3.05) is 19.0 Å². The summed E-state index contributed by atoms with van der Waals surface area (Å²) < 4.78 is 18.5. The summed E-state index contributed by atoms with van der Waals surface area (Å²) in [4.78, 5) is 0. The van der Waals surface area contributed by atoms with Gasteiger partial charge in [0.15, 0.2) is 0 Å². The lowest BCUT2D eigenvalue weighted by Gasteiger charge is -2.17. The number of ether oxygens (including phenoxy) is 1. The number of hydrogen-bond acceptors (Lipinski definition) is 3. The van der Waals surface area contributed by atoms with Crippen LogP contribution < -0.4 is 10.1 Å². The van der Waals surface area contributed by atoms with Crippen LogP contribution in [0.3, 0.4) is 0 Å². The lowest BCUT2D eigenvalue weighted by atomic mass is 10.1. The molecule has 0 aliphatic carbocycles. The molecule has 0 fully saturated rings. The number of methoxy groups -OCH3 is 1. The highest BCUT2D eigenvalue weighted by atomic mass is 35.5. The van der Waals surface area contributed by atoms with E-state index < -0.39 is 11.9 Å². The van der Waals surface area contributed by atoms with Crippen molar-refractivity contribution in [3.05, 3.63) is 58.4 Å². The van der Waals surface area contributed by atoms with E-state index in [1.807, 2.05) is 25.1 Å². The van der Waals surface area contributed by atoms with Crippen LogP contribution in [0, 0.1) is 12.7 Å². The third-order valence-corrected chi connectivity index (χ3v) is 3.32. The Hall–Kier alpha value is -1.78. The van der Waals surface area contributed by atoms with Crippen molar-refractivity contribution in [1.82, 2.24) is 0 Å². The van der Waals surface area contributed by atoms with Crippen LogP contribution in [0.4, 0.5) is 10.1 Å². The van der Waals surface area contributed by atoms with E-state index in [1.165, 1.54) is 12.1 Å². The number of hydrogen-bond donors (Lipinski definition) is 2. The highest BCUT2D eigenvalue weighted by Gasteiger charge is 2.13. The van der Waals surface area contributed by atoms with E-state index in [9.17, 15) is 9.50 Å². The Morgan fingerprint density at radius 3 is 2.71 bits per heavy atom. The minimum atomic E-state index is -0.776. The molecule has 0 spiro atoms. The standard InChI is InChI=1S/C16H17ClFNO2/c1-10-3-4-16(21-2)14(5-10)15(20)9-19-13-7-11(17)6-12(18)8-13/h3-8,15,19-20H,9H2,1-2H3. The lowest BCUT2D eigenvalue weighted by Crippen LogP contribution is -2.13. The van der Waals surface area contributed by atoms with Crippen molar-refractivity contribution in [1.29, 1.82) is 0 Å². The number of aliphatic hydroxyl groups is 1. The first kappa shape index (κ1) is 15.6. The first-order chi connectivity index (χ1) is 9.99. The minimum absolute atomic E-state index is 0.222. The first-order valence-corrected chi connectivity index (χ1v) is 6.90. The van der Waals surface area contributed by atoms with Gasteiger partial charge in [-0.25, -0.2) is 4.39 Å². The molecule has 0 bridgehead atoms. The van der Waals surface area contributed by atoms with Crippen molar-refractivity contribution in [3.8, 4) is 5.75 Å². The predicted molar refractivity (Wildman–Crippen MR) is 82.6 cm³/mol. The molecule has 0 aromatic heterocycles. The smallest absolute Gasteiger partial charge is 0.126 e. The van der Waals surface area contributed by atoms with Gasteiger partial charge in [0, 0.05) is 22.8 Å². The molecule has 2 rings (SSSR count). The molecule has 0 aliphatic heterocycles. The van der Waals surface area contributed by atoms with E-state index in [4.69, 9.17) is 16.3 Å². The molecule has 3 nitrogen and oxygen atoms in total. The molecule has 0 radical (unpaired) electrons. The molecule has 1 unspecified atom stereocenters. The summed E-state index contributed by atoms with van der Waals surface area (Å²) in [5, 5.41) is 13.6. The molecule has 1 atom stereocenters. The molecule has 2 N–H and O–H groups in total. The SMILES string of the molecule is COc1ccc(C)cc1C(O)CNc1cc(F)cc(Cl)c1. The van der Waals surface area contributed by atoms with Gasteiger partial charge in [0.1, 0.15) is 11.6 Å². The maximum atomic E-state index is 13.2. The topological polar surface area (TPSA) is 41.5 Å². The van der Waals surface area contributed by atoms with Gasteiger partial charge in [-0.15, -0.1) is 0 Å². The monoisotopic (exact) mass is 309 g/mol. The lowest BCUT2D eigenvalue weighted by molar-refractivity contribution is 0.187. The molecule has 0 amide bonds. The Kier molecular flexibility index (Phi) is 5.04. The van der Waals surface area contributed by atoms with Crippen molar-refractivity contribution >= 4 is 17.3 Å². The molecule has 5 heteroatoms. The van der Waals surface area contributed by atoms with E-state index in [-0.39, 0.29) is 6.54 Å². The van der Waals surface area contributed by atoms with E-state index in [0.717, 1.165) is 5.56 Å². The number of aryl methyl sites for hydroxylation is 1. The Balaban J connectivity index is 2.11. The second-order valence-electron chi connectivity index (χ2n) is 4.80. The Morgan fingerprint density at radius 2 is 2.05 bits per heavy atom. The zero-order valence-electron chi connectivity index (χ0n) is 11.9. The number of aliphatic hydroxyl groups excluding tert-OH is 1. The van der Waals surface area contributed by atoms with E-state index in [0.29, 0.717) is 22.0 Å². The Morgan fingerprint density at radius 1 is 1.29 bits per heavy atom. The average molecular weight is 310 g/mol. The fraction of sp³-hybridized carbons (Fsp3) is 0.250. The molecule has 0 saturated carbocycles. The summed E-state index contributed by atoms with van der Waals surface area (Å²) in [6.45, 7) is 2.16. The zero-order chi connectivity index (χ0) is 15.4. The minimum Gasteiger partial charge on any atom is -0.496 e. The molecule has 0 aliphatic rings. The molecule has 21 heavy (non-hydrogen) atoms. The van der Waals surface area contributed by atoms with Gasteiger partial charge < -0.3 is 15.2 Å². The third kappa shape index (κ3) is 4.09. The quantitative estimate of drug-likeness (QED) is 0.879. The van der Waals surface area contributed by atoms with E-state index in [2.05, 4.69) is 5.32 Å². The van der Waals surface area contributed by atoms with Crippen LogP contribution in [-0.4, -0.2) is 18.8 Å². The van der Waals surface area contributed by atoms with Gasteiger partial charge in [-0.05, 0) is 37.3 Å². The molecule has 2 aromatic carbocycles.